The van der Waals surface area contributed by atoms with Gasteiger partial charge in [-0.1, -0.05) is 18.2 Å². The number of benzene rings is 3. The Hall–Kier alpha value is -4.06. The molecule has 3 aromatic carbocycles. The highest BCUT2D eigenvalue weighted by molar-refractivity contribution is 5.98. The number of ether oxygens (including phenoxy) is 2. The fourth-order valence-corrected chi connectivity index (χ4v) is 4.04. The molecule has 0 saturated heterocycles. The van der Waals surface area contributed by atoms with Gasteiger partial charge < -0.3 is 19.7 Å². The number of carbonyl (C=O) groups excluding carboxylic acids is 2. The van der Waals surface area contributed by atoms with Crippen LogP contribution in [-0.4, -0.2) is 22.0 Å². The van der Waals surface area contributed by atoms with Gasteiger partial charge in [0.05, 0.1) is 5.56 Å². The summed E-state index contributed by atoms with van der Waals surface area (Å²) in [5, 5.41) is 19.9. The number of hydrogen-bond donors (Lipinski definition) is 2. The van der Waals surface area contributed by atoms with Crippen molar-refractivity contribution >= 4 is 17.8 Å². The molecule has 5 rings (SSSR count). The van der Waals surface area contributed by atoms with E-state index in [1.54, 1.807) is 36.4 Å². The zero-order valence-electron chi connectivity index (χ0n) is 15.9. The highest BCUT2D eigenvalue weighted by Crippen LogP contribution is 2.57. The average Bonchev–Trinajstić information content (AvgIpc) is 2.98. The standard InChI is InChI=1S/C24H16O6/c1-13(25)2-3-14-4-7-18-17(10-14)23(28)30-24(18)19-8-5-15(26)11-21(19)29-22-12-16(27)6-9-20(22)24/h2-12,26-27H,1H3. The molecule has 0 bridgehead atoms. The van der Waals surface area contributed by atoms with Gasteiger partial charge >= 0.3 is 5.97 Å². The van der Waals surface area contributed by atoms with Gasteiger partial charge in [0.2, 0.25) is 0 Å². The Morgan fingerprint density at radius 3 is 2.10 bits per heavy atom. The van der Waals surface area contributed by atoms with Gasteiger partial charge in [-0.05, 0) is 48.9 Å². The highest BCUT2D eigenvalue weighted by Gasteiger charge is 2.53. The highest BCUT2D eigenvalue weighted by atomic mass is 16.6. The lowest BCUT2D eigenvalue weighted by Crippen LogP contribution is -2.32. The first-order chi connectivity index (χ1) is 14.4. The lowest BCUT2D eigenvalue weighted by molar-refractivity contribution is -0.112. The summed E-state index contributed by atoms with van der Waals surface area (Å²) in [6.07, 6.45) is 3.07. The summed E-state index contributed by atoms with van der Waals surface area (Å²) in [6, 6.07) is 14.5. The molecule has 0 radical (unpaired) electrons. The Labute approximate surface area is 171 Å². The van der Waals surface area contributed by atoms with E-state index in [4.69, 9.17) is 9.47 Å². The molecule has 2 N–H and O–H groups in total. The second-order valence-electron chi connectivity index (χ2n) is 7.28. The number of aromatic hydroxyl groups is 2. The van der Waals surface area contributed by atoms with E-state index in [-0.39, 0.29) is 17.3 Å². The summed E-state index contributed by atoms with van der Waals surface area (Å²) in [5.41, 5.74) is 1.55. The molecule has 6 nitrogen and oxygen atoms in total. The Balaban J connectivity index is 1.78. The number of fused-ring (bicyclic) bond motifs is 6. The lowest BCUT2D eigenvalue weighted by atomic mass is 9.77. The second kappa shape index (κ2) is 6.22. The molecule has 3 aromatic rings. The molecule has 6 heteroatoms. The van der Waals surface area contributed by atoms with Crippen LogP contribution in [-0.2, 0) is 15.1 Å². The van der Waals surface area contributed by atoms with Crippen molar-refractivity contribution in [3.8, 4) is 23.0 Å². The number of phenols is 2. The van der Waals surface area contributed by atoms with Crippen molar-refractivity contribution in [2.75, 3.05) is 0 Å². The summed E-state index contributed by atoms with van der Waals surface area (Å²) in [5.74, 6) is 0.0524. The lowest BCUT2D eigenvalue weighted by Gasteiger charge is -2.36. The van der Waals surface area contributed by atoms with Gasteiger partial charge in [-0.25, -0.2) is 4.79 Å². The molecule has 148 valence electrons. The number of rotatable bonds is 2. The third kappa shape index (κ3) is 2.50. The minimum absolute atomic E-state index is 0.00164. The maximum absolute atomic E-state index is 12.9. The van der Waals surface area contributed by atoms with Crippen LogP contribution in [0.25, 0.3) is 6.08 Å². The van der Waals surface area contributed by atoms with Crippen molar-refractivity contribution < 1.29 is 29.3 Å². The van der Waals surface area contributed by atoms with Gasteiger partial charge in [-0.15, -0.1) is 0 Å². The topological polar surface area (TPSA) is 93.1 Å². The summed E-state index contributed by atoms with van der Waals surface area (Å²) >= 11 is 0. The van der Waals surface area contributed by atoms with Crippen LogP contribution in [0.1, 0.15) is 39.5 Å². The molecule has 2 aliphatic heterocycles. The van der Waals surface area contributed by atoms with Gasteiger partial charge in [0.15, 0.2) is 11.4 Å². The summed E-state index contributed by atoms with van der Waals surface area (Å²) in [6.45, 7) is 1.45. The van der Waals surface area contributed by atoms with Crippen molar-refractivity contribution in [2.45, 2.75) is 12.5 Å². The second-order valence-corrected chi connectivity index (χ2v) is 7.28. The van der Waals surface area contributed by atoms with Crippen molar-refractivity contribution in [3.05, 3.63) is 88.5 Å². The number of ketones is 1. The van der Waals surface area contributed by atoms with Gasteiger partial charge in [0.1, 0.15) is 23.0 Å². The van der Waals surface area contributed by atoms with E-state index < -0.39 is 11.6 Å². The predicted octanol–water partition coefficient (Wildman–Crippen LogP) is 4.27. The van der Waals surface area contributed by atoms with E-state index in [0.717, 1.165) is 0 Å². The smallest absolute Gasteiger partial charge is 0.340 e. The van der Waals surface area contributed by atoms with E-state index in [2.05, 4.69) is 0 Å². The van der Waals surface area contributed by atoms with Crippen molar-refractivity contribution in [1.29, 1.82) is 0 Å². The predicted molar refractivity (Wildman–Crippen MR) is 108 cm³/mol. The van der Waals surface area contributed by atoms with Crippen molar-refractivity contribution in [2.24, 2.45) is 0 Å². The third-order valence-corrected chi connectivity index (χ3v) is 5.31. The van der Waals surface area contributed by atoms with E-state index in [0.29, 0.717) is 39.3 Å². The van der Waals surface area contributed by atoms with Gasteiger partial charge in [0.25, 0.3) is 0 Å². The summed E-state index contributed by atoms with van der Waals surface area (Å²) in [7, 11) is 0. The number of esters is 1. The molecule has 0 unspecified atom stereocenters. The molecular formula is C24H16O6. The van der Waals surface area contributed by atoms with Crippen LogP contribution in [0.2, 0.25) is 0 Å². The van der Waals surface area contributed by atoms with E-state index in [1.807, 2.05) is 0 Å². The first-order valence-corrected chi connectivity index (χ1v) is 9.30. The van der Waals surface area contributed by atoms with E-state index >= 15 is 0 Å². The van der Waals surface area contributed by atoms with Gasteiger partial charge in [-0.3, -0.25) is 4.79 Å². The third-order valence-electron chi connectivity index (χ3n) is 5.31. The molecule has 0 fully saturated rings. The quantitative estimate of drug-likeness (QED) is 0.493. The molecule has 0 aromatic heterocycles. The minimum Gasteiger partial charge on any atom is -0.508 e. The Morgan fingerprint density at radius 1 is 0.900 bits per heavy atom. The molecule has 30 heavy (non-hydrogen) atoms. The van der Waals surface area contributed by atoms with Gasteiger partial charge in [-0.2, -0.15) is 0 Å². The van der Waals surface area contributed by atoms with Crippen LogP contribution in [0.3, 0.4) is 0 Å². The number of allylic oxidation sites excluding steroid dienone is 1. The molecule has 0 amide bonds. The first-order valence-electron chi connectivity index (χ1n) is 9.30. The van der Waals surface area contributed by atoms with Gasteiger partial charge in [0, 0.05) is 28.8 Å². The maximum atomic E-state index is 12.9. The SMILES string of the molecule is CC(=O)C=Cc1ccc2c(c1)C(=O)OC21c2ccc(O)cc2Oc2cc(O)ccc21. The normalized spacial score (nSPS) is 15.3. The number of phenolic OH excluding ortho intramolecular Hbond substituents is 2. The molecule has 1 spiro atoms. The maximum Gasteiger partial charge on any atom is 0.340 e. The average molecular weight is 400 g/mol. The van der Waals surface area contributed by atoms with Crippen LogP contribution in [0, 0.1) is 0 Å². The molecule has 2 heterocycles. The van der Waals surface area contributed by atoms with E-state index in [9.17, 15) is 19.8 Å². The summed E-state index contributed by atoms with van der Waals surface area (Å²) < 4.78 is 11.9. The Morgan fingerprint density at radius 2 is 1.50 bits per heavy atom. The molecule has 2 aliphatic rings. The molecular weight excluding hydrogens is 384 g/mol. The van der Waals surface area contributed by atoms with Crippen LogP contribution < -0.4 is 4.74 Å². The summed E-state index contributed by atoms with van der Waals surface area (Å²) in [4.78, 5) is 24.2. The first kappa shape index (κ1) is 18.0. The zero-order valence-corrected chi connectivity index (χ0v) is 15.9. The molecule has 0 saturated carbocycles. The Bertz CT molecular complexity index is 1220. The van der Waals surface area contributed by atoms with Crippen molar-refractivity contribution in [3.63, 3.8) is 0 Å². The number of hydrogen-bond acceptors (Lipinski definition) is 6. The van der Waals surface area contributed by atoms with Crippen LogP contribution >= 0.6 is 0 Å². The molecule has 0 aliphatic carbocycles. The fraction of sp³-hybridized carbons (Fsp3) is 0.0833. The molecule has 0 atom stereocenters. The fourth-order valence-electron chi connectivity index (χ4n) is 4.04. The van der Waals surface area contributed by atoms with E-state index in [1.165, 1.54) is 37.3 Å². The minimum atomic E-state index is -1.28. The van der Waals surface area contributed by atoms with Crippen LogP contribution in [0.15, 0.2) is 60.7 Å². The largest absolute Gasteiger partial charge is 0.508 e. The van der Waals surface area contributed by atoms with Crippen molar-refractivity contribution in [1.82, 2.24) is 0 Å². The van der Waals surface area contributed by atoms with Crippen LogP contribution in [0.4, 0.5) is 0 Å². The van der Waals surface area contributed by atoms with Crippen LogP contribution in [0.5, 0.6) is 23.0 Å². The zero-order chi connectivity index (χ0) is 21.0. The monoisotopic (exact) mass is 400 g/mol. The number of carbonyl (C=O) groups is 2. The Kier molecular flexibility index (Phi) is 3.73.